The Bertz CT molecular complexity index is 1970. The monoisotopic (exact) mass is 773 g/mol. The van der Waals surface area contributed by atoms with E-state index in [1.54, 1.807) is 0 Å². The molecule has 2 bridgehead atoms. The third-order valence-electron chi connectivity index (χ3n) is 12.3. The number of Topliss-reactive ketones (excluding diaryl/α,β-unsaturated/α-hetero) is 2. The highest BCUT2D eigenvalue weighted by Crippen LogP contribution is 2.67. The van der Waals surface area contributed by atoms with Crippen LogP contribution in [0.15, 0.2) is 58.5 Å². The maximum absolute atomic E-state index is 15.9. The quantitative estimate of drug-likeness (QED) is 0.0321. The number of esters is 1. The van der Waals surface area contributed by atoms with Gasteiger partial charge in [0.05, 0.1) is 31.6 Å². The molecule has 0 saturated heterocycles. The van der Waals surface area contributed by atoms with Crippen molar-refractivity contribution in [3.05, 3.63) is 70.0 Å². The van der Waals surface area contributed by atoms with Gasteiger partial charge in [-0.25, -0.2) is 4.79 Å². The Balaban J connectivity index is 1.91. The zero-order valence-electron chi connectivity index (χ0n) is 34.4. The fraction of sp³-hybridized carbons (Fsp3) is 0.545. The first-order valence-corrected chi connectivity index (χ1v) is 19.3. The van der Waals surface area contributed by atoms with E-state index < -0.39 is 63.9 Å². The summed E-state index contributed by atoms with van der Waals surface area (Å²) in [7, 11) is 2.72. The van der Waals surface area contributed by atoms with Crippen LogP contribution in [-0.2, 0) is 20.7 Å². The largest absolute Gasteiger partial charge is 0.495 e. The number of allylic oxidation sites excluding steroid dienone is 4. The van der Waals surface area contributed by atoms with Crippen LogP contribution in [0, 0.1) is 35.5 Å². The van der Waals surface area contributed by atoms with Crippen molar-refractivity contribution in [2.75, 3.05) is 14.2 Å². The van der Waals surface area contributed by atoms with Crippen molar-refractivity contribution < 1.29 is 43.6 Å². The van der Waals surface area contributed by atoms with Gasteiger partial charge >= 0.3 is 5.97 Å². The van der Waals surface area contributed by atoms with Gasteiger partial charge in [-0.3, -0.25) is 9.59 Å². The second kappa shape index (κ2) is 15.6. The van der Waals surface area contributed by atoms with Crippen molar-refractivity contribution >= 4 is 29.4 Å². The van der Waals surface area contributed by atoms with Crippen LogP contribution >= 0.6 is 0 Å². The summed E-state index contributed by atoms with van der Waals surface area (Å²) in [5.41, 5.74) is 11.3. The Hall–Kier alpha value is -4.84. The van der Waals surface area contributed by atoms with Crippen molar-refractivity contribution in [2.24, 2.45) is 52.1 Å². The van der Waals surface area contributed by atoms with E-state index in [1.807, 2.05) is 66.7 Å². The summed E-state index contributed by atoms with van der Waals surface area (Å²) in [6.45, 7) is 19.4. The molecule has 6 N–H and O–H groups in total. The van der Waals surface area contributed by atoms with Gasteiger partial charge in [0.25, 0.3) is 0 Å². The van der Waals surface area contributed by atoms with E-state index >= 15 is 9.59 Å². The first-order chi connectivity index (χ1) is 26.2. The lowest BCUT2D eigenvalue weighted by atomic mass is 9.40. The van der Waals surface area contributed by atoms with E-state index in [0.717, 1.165) is 12.0 Å². The minimum atomic E-state index is -2.34. The second-order valence-electron chi connectivity index (χ2n) is 16.9. The first kappa shape index (κ1) is 42.3. The normalized spacial score (nSPS) is 29.6. The number of benzene rings is 1. The zero-order chi connectivity index (χ0) is 41.7. The van der Waals surface area contributed by atoms with Gasteiger partial charge in [0.15, 0.2) is 22.8 Å². The molecule has 0 radical (unpaired) electrons. The maximum atomic E-state index is 15.9. The minimum Gasteiger partial charge on any atom is -0.495 e. The lowest BCUT2D eigenvalue weighted by Crippen LogP contribution is -2.82. The summed E-state index contributed by atoms with van der Waals surface area (Å²) < 4.78 is 25.4. The summed E-state index contributed by atoms with van der Waals surface area (Å²) in [5.74, 6) is -6.39. The predicted molar refractivity (Wildman–Crippen MR) is 215 cm³/mol. The highest BCUT2D eigenvalue weighted by atomic mass is 16.5. The Morgan fingerprint density at radius 2 is 1.73 bits per heavy atom. The molecular weight excluding hydrogens is 714 g/mol. The van der Waals surface area contributed by atoms with Crippen LogP contribution in [0.4, 0.5) is 0 Å². The third kappa shape index (κ3) is 6.73. The molecular formula is C44H59N3O9. The molecule has 56 heavy (non-hydrogen) atoms. The lowest BCUT2D eigenvalue weighted by Gasteiger charge is -2.67. The molecule has 12 nitrogen and oxygen atoms in total. The number of amidine groups is 1. The number of ketones is 2. The van der Waals surface area contributed by atoms with Crippen LogP contribution in [0.3, 0.4) is 0 Å². The Morgan fingerprint density at radius 3 is 2.29 bits per heavy atom. The number of nitrogens with two attached hydrogens (primary N) is 2. The summed E-state index contributed by atoms with van der Waals surface area (Å²) in [6.07, 6.45) is 11.1. The molecule has 0 aromatic heterocycles. The molecule has 12 heteroatoms. The number of methoxy groups -OCH3 is 2. The highest BCUT2D eigenvalue weighted by molar-refractivity contribution is 6.10. The van der Waals surface area contributed by atoms with Crippen molar-refractivity contribution in [1.82, 2.24) is 0 Å². The molecule has 1 aromatic rings. The molecule has 3 saturated carbocycles. The summed E-state index contributed by atoms with van der Waals surface area (Å²) in [5, 5.41) is 26.5. The van der Waals surface area contributed by atoms with Crippen LogP contribution in [0.5, 0.6) is 17.2 Å². The van der Waals surface area contributed by atoms with Gasteiger partial charge in [-0.2, -0.15) is 0 Å². The molecule has 3 aliphatic carbocycles. The van der Waals surface area contributed by atoms with Gasteiger partial charge in [0.2, 0.25) is 0 Å². The van der Waals surface area contributed by atoms with Crippen LogP contribution in [0.25, 0.3) is 6.08 Å². The number of nitrogens with zero attached hydrogens (tertiary/aromatic N) is 1. The second-order valence-corrected chi connectivity index (χ2v) is 16.9. The van der Waals surface area contributed by atoms with E-state index in [4.69, 9.17) is 30.4 Å². The number of carbonyl (C=O) groups excluding carboxylic acids is 3. The average Bonchev–Trinajstić information content (AvgIpc) is 3.13. The molecule has 1 aromatic carbocycles. The molecule has 6 rings (SSSR count). The zero-order valence-corrected chi connectivity index (χ0v) is 34.4. The van der Waals surface area contributed by atoms with Crippen LogP contribution in [0.1, 0.15) is 103 Å². The fourth-order valence-corrected chi connectivity index (χ4v) is 9.69. The first-order valence-electron chi connectivity index (χ1n) is 19.3. The van der Waals surface area contributed by atoms with Gasteiger partial charge < -0.3 is 40.7 Å². The predicted octanol–water partition coefficient (Wildman–Crippen LogP) is 6.61. The Labute approximate surface area is 330 Å². The lowest BCUT2D eigenvalue weighted by molar-refractivity contribution is -0.254. The number of aliphatic hydroxyl groups is 1. The van der Waals surface area contributed by atoms with Crippen molar-refractivity contribution in [2.45, 2.75) is 104 Å². The van der Waals surface area contributed by atoms with Crippen LogP contribution in [-0.4, -0.2) is 64.7 Å². The number of carbonyl (C=O) groups is 3. The number of oxime groups is 1. The number of ether oxygens (including phenoxy) is 4. The van der Waals surface area contributed by atoms with Gasteiger partial charge in [-0.05, 0) is 91.2 Å². The molecule has 304 valence electrons. The standard InChI is InChI=1S/C44H59N3O9/c1-22(2)13-12-18-42(9)19-17-28-36(55-42)27(15-14-23(3)4)38-33(37(28)53-10)35(48)34-32(31(26(8)45)40(46)47-52)29-21-30(24(5)6)44(34,56-38)43(51,39(29)49)20-16-25(7)41(50)54-11/h13-14,16-17,19,24,29-32,34,51-52H,8,12,15,18,20-21,45H2,1-7,9-11H3,(H2,46,47)/b25-16-. The number of rotatable bonds is 13. The van der Waals surface area contributed by atoms with Crippen molar-refractivity contribution in [3.8, 4) is 17.2 Å². The number of hydrogen-bond donors (Lipinski definition) is 4. The van der Waals surface area contributed by atoms with E-state index in [9.17, 15) is 15.1 Å². The van der Waals surface area contributed by atoms with Crippen molar-refractivity contribution in [3.63, 3.8) is 0 Å². The summed E-state index contributed by atoms with van der Waals surface area (Å²) in [6, 6.07) is 0. The van der Waals surface area contributed by atoms with E-state index in [2.05, 4.69) is 17.8 Å². The molecule has 8 unspecified atom stereocenters. The molecule has 3 fully saturated rings. The molecule has 1 spiro atoms. The van der Waals surface area contributed by atoms with Crippen molar-refractivity contribution in [1.29, 1.82) is 0 Å². The number of fused-ring (bicyclic) bond motifs is 4. The van der Waals surface area contributed by atoms with E-state index in [1.165, 1.54) is 32.8 Å². The Kier molecular flexibility index (Phi) is 11.8. The van der Waals surface area contributed by atoms with Gasteiger partial charge in [0.1, 0.15) is 34.2 Å². The summed E-state index contributed by atoms with van der Waals surface area (Å²) in [4.78, 5) is 43.5. The Morgan fingerprint density at radius 1 is 1.07 bits per heavy atom. The smallest absolute Gasteiger partial charge is 0.333 e. The van der Waals surface area contributed by atoms with Gasteiger partial charge in [0, 0.05) is 35.1 Å². The van der Waals surface area contributed by atoms with Gasteiger partial charge in [-0.1, -0.05) is 55.0 Å². The summed E-state index contributed by atoms with van der Waals surface area (Å²) >= 11 is 0. The van der Waals surface area contributed by atoms with E-state index in [0.29, 0.717) is 29.7 Å². The molecule has 0 amide bonds. The van der Waals surface area contributed by atoms with Gasteiger partial charge in [-0.15, -0.1) is 0 Å². The molecule has 5 aliphatic rings. The SMILES string of the molecule is C=C(N)C(/C(N)=N\O)C1C2CC(C(C)C)C3(Oc4c(CC=C(C)C)c5c(c(OC)c4C(=O)C13)C=CC(C)(CCC=C(C)C)O5)C(O)(C/C=C(/C)C(=O)OC)C2=O. The highest BCUT2D eigenvalue weighted by Gasteiger charge is 2.79. The third-order valence-corrected chi connectivity index (χ3v) is 12.3. The minimum absolute atomic E-state index is 0.0177. The topological polar surface area (TPSA) is 193 Å². The average molecular weight is 774 g/mol. The fourth-order valence-electron chi connectivity index (χ4n) is 9.69. The van der Waals surface area contributed by atoms with E-state index in [-0.39, 0.29) is 52.9 Å². The van der Waals surface area contributed by atoms with Crippen LogP contribution < -0.4 is 25.7 Å². The maximum Gasteiger partial charge on any atom is 0.333 e. The molecule has 8 atom stereocenters. The number of hydrogen-bond acceptors (Lipinski definition) is 11. The molecule has 2 aliphatic heterocycles. The molecule has 2 heterocycles. The van der Waals surface area contributed by atoms with Crippen LogP contribution in [0.2, 0.25) is 0 Å².